The summed E-state index contributed by atoms with van der Waals surface area (Å²) in [5, 5.41) is 4.10. The van der Waals surface area contributed by atoms with Crippen molar-refractivity contribution in [3.63, 3.8) is 0 Å². The van der Waals surface area contributed by atoms with Gasteiger partial charge in [0.2, 0.25) is 5.89 Å². The minimum absolute atomic E-state index is 0.0851. The fraction of sp³-hybridized carbons (Fsp3) is 0.467. The van der Waals surface area contributed by atoms with Crippen LogP contribution in [0.3, 0.4) is 0 Å². The van der Waals surface area contributed by atoms with Gasteiger partial charge >= 0.3 is 0 Å². The van der Waals surface area contributed by atoms with E-state index in [1.54, 1.807) is 0 Å². The monoisotopic (exact) mass is 257 g/mol. The average molecular weight is 257 g/mol. The first-order valence-corrected chi connectivity index (χ1v) is 6.96. The minimum Gasteiger partial charge on any atom is -0.339 e. The van der Waals surface area contributed by atoms with Crippen molar-refractivity contribution in [1.82, 2.24) is 10.1 Å². The van der Waals surface area contributed by atoms with Gasteiger partial charge in [-0.05, 0) is 18.4 Å². The zero-order chi connectivity index (χ0) is 13.1. The van der Waals surface area contributed by atoms with Gasteiger partial charge < -0.3 is 10.3 Å². The van der Waals surface area contributed by atoms with Crippen LogP contribution >= 0.6 is 0 Å². The summed E-state index contributed by atoms with van der Waals surface area (Å²) in [7, 11) is 0. The van der Waals surface area contributed by atoms with E-state index in [2.05, 4.69) is 10.1 Å². The largest absolute Gasteiger partial charge is 0.339 e. The van der Waals surface area contributed by atoms with E-state index in [4.69, 9.17) is 10.3 Å². The van der Waals surface area contributed by atoms with Crippen molar-refractivity contribution in [3.05, 3.63) is 47.6 Å². The Morgan fingerprint density at radius 2 is 1.95 bits per heavy atom. The van der Waals surface area contributed by atoms with Crippen molar-refractivity contribution < 1.29 is 4.52 Å². The number of benzene rings is 1. The predicted octanol–water partition coefficient (Wildman–Crippen LogP) is 2.97. The molecule has 2 N–H and O–H groups in total. The molecule has 0 aliphatic heterocycles. The average Bonchev–Trinajstić information content (AvgIpc) is 3.10. The minimum atomic E-state index is -0.0851. The maximum atomic E-state index is 6.16. The molecule has 0 saturated heterocycles. The molecule has 2 aromatic rings. The van der Waals surface area contributed by atoms with E-state index < -0.39 is 0 Å². The molecule has 1 unspecified atom stereocenters. The van der Waals surface area contributed by atoms with Gasteiger partial charge in [-0.15, -0.1) is 0 Å². The van der Waals surface area contributed by atoms with Crippen molar-refractivity contribution >= 4 is 0 Å². The second-order valence-electron chi connectivity index (χ2n) is 5.25. The molecular formula is C15H19N3O. The van der Waals surface area contributed by atoms with Crippen LogP contribution in [-0.4, -0.2) is 10.1 Å². The third kappa shape index (κ3) is 2.84. The number of hydrogen-bond acceptors (Lipinski definition) is 4. The van der Waals surface area contributed by atoms with E-state index in [0.29, 0.717) is 18.2 Å². The SMILES string of the molecule is NC(Cc1nc(C2CCCC2)no1)c1ccccc1. The summed E-state index contributed by atoms with van der Waals surface area (Å²) in [6, 6.07) is 9.94. The van der Waals surface area contributed by atoms with E-state index in [0.717, 1.165) is 11.4 Å². The normalized spacial score (nSPS) is 17.7. The number of nitrogens with zero attached hydrogens (tertiary/aromatic N) is 2. The molecule has 100 valence electrons. The van der Waals surface area contributed by atoms with Gasteiger partial charge in [0.25, 0.3) is 0 Å². The summed E-state index contributed by atoms with van der Waals surface area (Å²) < 4.78 is 5.33. The van der Waals surface area contributed by atoms with Gasteiger partial charge in [0, 0.05) is 18.4 Å². The van der Waals surface area contributed by atoms with Crippen molar-refractivity contribution in [1.29, 1.82) is 0 Å². The van der Waals surface area contributed by atoms with Crippen LogP contribution in [0.15, 0.2) is 34.9 Å². The Hall–Kier alpha value is -1.68. The molecule has 1 saturated carbocycles. The lowest BCUT2D eigenvalue weighted by Crippen LogP contribution is -2.13. The van der Waals surface area contributed by atoms with Crippen molar-refractivity contribution in [2.45, 2.75) is 44.1 Å². The summed E-state index contributed by atoms with van der Waals surface area (Å²) in [5.74, 6) is 2.01. The molecule has 1 atom stereocenters. The lowest BCUT2D eigenvalue weighted by molar-refractivity contribution is 0.362. The topological polar surface area (TPSA) is 64.9 Å². The Labute approximate surface area is 113 Å². The van der Waals surface area contributed by atoms with Crippen LogP contribution in [0.5, 0.6) is 0 Å². The van der Waals surface area contributed by atoms with Gasteiger partial charge in [0.05, 0.1) is 0 Å². The Bertz CT molecular complexity index is 517. The van der Waals surface area contributed by atoms with Gasteiger partial charge in [0.1, 0.15) is 0 Å². The molecule has 19 heavy (non-hydrogen) atoms. The van der Waals surface area contributed by atoms with Crippen LogP contribution < -0.4 is 5.73 Å². The molecule has 1 aliphatic carbocycles. The highest BCUT2D eigenvalue weighted by Gasteiger charge is 2.22. The van der Waals surface area contributed by atoms with E-state index in [-0.39, 0.29) is 6.04 Å². The van der Waals surface area contributed by atoms with E-state index in [1.807, 2.05) is 30.3 Å². The number of nitrogens with two attached hydrogens (primary N) is 1. The summed E-state index contributed by atoms with van der Waals surface area (Å²) in [6.07, 6.45) is 5.52. The van der Waals surface area contributed by atoms with Gasteiger partial charge in [0.15, 0.2) is 5.82 Å². The van der Waals surface area contributed by atoms with E-state index in [9.17, 15) is 0 Å². The van der Waals surface area contributed by atoms with Crippen LogP contribution in [-0.2, 0) is 6.42 Å². The smallest absolute Gasteiger partial charge is 0.228 e. The highest BCUT2D eigenvalue weighted by molar-refractivity contribution is 5.19. The summed E-state index contributed by atoms with van der Waals surface area (Å²) in [6.45, 7) is 0. The van der Waals surface area contributed by atoms with Crippen LogP contribution in [0.4, 0.5) is 0 Å². The molecule has 1 aromatic heterocycles. The zero-order valence-corrected chi connectivity index (χ0v) is 11.0. The second-order valence-corrected chi connectivity index (χ2v) is 5.25. The Balaban J connectivity index is 1.66. The van der Waals surface area contributed by atoms with Crippen molar-refractivity contribution in [3.8, 4) is 0 Å². The maximum absolute atomic E-state index is 6.16. The standard InChI is InChI=1S/C15H19N3O/c16-13(11-6-2-1-3-7-11)10-14-17-15(18-19-14)12-8-4-5-9-12/h1-3,6-7,12-13H,4-5,8-10,16H2. The molecule has 1 heterocycles. The molecule has 1 aromatic carbocycles. The van der Waals surface area contributed by atoms with Crippen LogP contribution in [0.1, 0.15) is 54.9 Å². The second kappa shape index (κ2) is 5.53. The highest BCUT2D eigenvalue weighted by Crippen LogP contribution is 2.32. The fourth-order valence-corrected chi connectivity index (χ4v) is 2.71. The van der Waals surface area contributed by atoms with E-state index in [1.165, 1.54) is 25.7 Å². The summed E-state index contributed by atoms with van der Waals surface area (Å²) in [5.41, 5.74) is 7.26. The molecule has 1 aliphatic rings. The third-order valence-electron chi connectivity index (χ3n) is 3.83. The van der Waals surface area contributed by atoms with Crippen molar-refractivity contribution in [2.75, 3.05) is 0 Å². The molecule has 0 bridgehead atoms. The Kier molecular flexibility index (Phi) is 3.60. The first-order valence-electron chi connectivity index (χ1n) is 6.96. The van der Waals surface area contributed by atoms with Crippen molar-refractivity contribution in [2.24, 2.45) is 5.73 Å². The third-order valence-corrected chi connectivity index (χ3v) is 3.83. The maximum Gasteiger partial charge on any atom is 0.228 e. The van der Waals surface area contributed by atoms with Gasteiger partial charge in [-0.3, -0.25) is 0 Å². The molecule has 0 spiro atoms. The van der Waals surface area contributed by atoms with Gasteiger partial charge in [-0.2, -0.15) is 4.98 Å². The molecule has 4 nitrogen and oxygen atoms in total. The van der Waals surface area contributed by atoms with Crippen LogP contribution in [0.25, 0.3) is 0 Å². The quantitative estimate of drug-likeness (QED) is 0.914. The molecule has 0 radical (unpaired) electrons. The molecule has 0 amide bonds. The van der Waals surface area contributed by atoms with Crippen LogP contribution in [0.2, 0.25) is 0 Å². The lowest BCUT2D eigenvalue weighted by Gasteiger charge is -2.08. The fourth-order valence-electron chi connectivity index (χ4n) is 2.71. The first kappa shape index (κ1) is 12.4. The molecular weight excluding hydrogens is 238 g/mol. The van der Waals surface area contributed by atoms with E-state index >= 15 is 0 Å². The molecule has 3 rings (SSSR count). The summed E-state index contributed by atoms with van der Waals surface area (Å²) >= 11 is 0. The Morgan fingerprint density at radius 3 is 2.68 bits per heavy atom. The molecule has 4 heteroatoms. The van der Waals surface area contributed by atoms with Gasteiger partial charge in [-0.1, -0.05) is 48.3 Å². The highest BCUT2D eigenvalue weighted by atomic mass is 16.5. The number of rotatable bonds is 4. The number of hydrogen-bond donors (Lipinski definition) is 1. The zero-order valence-electron chi connectivity index (χ0n) is 11.0. The summed E-state index contributed by atoms with van der Waals surface area (Å²) in [4.78, 5) is 4.50. The Morgan fingerprint density at radius 1 is 1.21 bits per heavy atom. The lowest BCUT2D eigenvalue weighted by atomic mass is 10.0. The predicted molar refractivity (Wildman–Crippen MR) is 72.6 cm³/mol. The number of aromatic nitrogens is 2. The van der Waals surface area contributed by atoms with Crippen LogP contribution in [0, 0.1) is 0 Å². The van der Waals surface area contributed by atoms with Gasteiger partial charge in [-0.25, -0.2) is 0 Å². The molecule has 1 fully saturated rings. The first-order chi connectivity index (χ1) is 9.33.